The average Bonchev–Trinajstić information content (AvgIpc) is 2.73. The highest BCUT2D eigenvalue weighted by atomic mass is 16.5. The molecule has 0 spiro atoms. The van der Waals surface area contributed by atoms with Crippen LogP contribution in [0.5, 0.6) is 5.75 Å². The molecule has 1 heterocycles. The fraction of sp³-hybridized carbons (Fsp3) is 0.261. The van der Waals surface area contributed by atoms with Crippen molar-refractivity contribution in [3.63, 3.8) is 0 Å². The number of quaternary nitrogens is 1. The molecule has 0 aliphatic rings. The fourth-order valence-electron chi connectivity index (χ4n) is 3.34. The van der Waals surface area contributed by atoms with Gasteiger partial charge in [0.05, 0.1) is 13.7 Å². The number of nitrogens with one attached hydrogen (secondary N) is 3. The molecule has 2 amide bonds. The number of carbonyl (C=O) groups excluding carboxylic acids is 2. The summed E-state index contributed by atoms with van der Waals surface area (Å²) < 4.78 is 10.5. The van der Waals surface area contributed by atoms with Crippen LogP contribution in [0.2, 0.25) is 0 Å². The molecule has 162 valence electrons. The summed E-state index contributed by atoms with van der Waals surface area (Å²) in [4.78, 5) is 36.7. The van der Waals surface area contributed by atoms with E-state index in [1.807, 2.05) is 19.1 Å². The molecule has 1 aromatic heterocycles. The van der Waals surface area contributed by atoms with E-state index in [0.29, 0.717) is 35.8 Å². The molecule has 0 aliphatic carbocycles. The van der Waals surface area contributed by atoms with Crippen molar-refractivity contribution < 1.29 is 23.6 Å². The van der Waals surface area contributed by atoms with Crippen molar-refractivity contribution in [2.24, 2.45) is 0 Å². The average molecular weight is 424 g/mol. The second-order valence-electron chi connectivity index (χ2n) is 7.22. The second kappa shape index (κ2) is 9.90. The van der Waals surface area contributed by atoms with Gasteiger partial charge in [0.25, 0.3) is 5.91 Å². The lowest BCUT2D eigenvalue weighted by Gasteiger charge is -2.18. The van der Waals surface area contributed by atoms with Gasteiger partial charge in [0.2, 0.25) is 5.91 Å². The molecule has 1 atom stereocenters. The highest BCUT2D eigenvalue weighted by molar-refractivity contribution is 5.92. The van der Waals surface area contributed by atoms with E-state index < -0.39 is 5.63 Å². The Kier molecular flexibility index (Phi) is 7.04. The van der Waals surface area contributed by atoms with Crippen molar-refractivity contribution in [3.05, 3.63) is 64.5 Å². The summed E-state index contributed by atoms with van der Waals surface area (Å²) in [7, 11) is 1.55. The Hall–Kier alpha value is -3.65. The minimum absolute atomic E-state index is 0.141. The standard InChI is InChI=1S/C23H25N3O5/c1-4-26(14-22(28)25-18-7-5-17(6-8-18)24-15(2)27)13-16-11-23(29)31-21-12-19(30-3)9-10-20(16)21/h5-12H,4,13-14H2,1-3H3,(H,24,27)(H,25,28)/p+1. The molecule has 3 rings (SSSR count). The quantitative estimate of drug-likeness (QED) is 0.479. The third-order valence-electron chi connectivity index (χ3n) is 4.88. The molecule has 3 N–H and O–H groups in total. The maximum Gasteiger partial charge on any atom is 0.336 e. The molecule has 0 fully saturated rings. The van der Waals surface area contributed by atoms with Crippen LogP contribution in [0.3, 0.4) is 0 Å². The Balaban J connectivity index is 1.69. The number of hydrogen-bond donors (Lipinski definition) is 3. The van der Waals surface area contributed by atoms with Crippen LogP contribution >= 0.6 is 0 Å². The summed E-state index contributed by atoms with van der Waals surface area (Å²) in [5.74, 6) is 0.314. The van der Waals surface area contributed by atoms with Gasteiger partial charge in [-0.15, -0.1) is 0 Å². The van der Waals surface area contributed by atoms with Crippen molar-refractivity contribution in [2.75, 3.05) is 30.8 Å². The first kappa shape index (κ1) is 22.0. The highest BCUT2D eigenvalue weighted by Crippen LogP contribution is 2.22. The largest absolute Gasteiger partial charge is 0.497 e. The zero-order valence-electron chi connectivity index (χ0n) is 17.8. The van der Waals surface area contributed by atoms with Gasteiger partial charge in [0.1, 0.15) is 17.9 Å². The highest BCUT2D eigenvalue weighted by Gasteiger charge is 2.17. The molecule has 0 radical (unpaired) electrons. The van der Waals surface area contributed by atoms with Crippen LogP contribution in [-0.2, 0) is 16.1 Å². The van der Waals surface area contributed by atoms with Crippen LogP contribution in [0.4, 0.5) is 11.4 Å². The number of fused-ring (bicyclic) bond motifs is 1. The van der Waals surface area contributed by atoms with E-state index in [2.05, 4.69) is 10.6 Å². The summed E-state index contributed by atoms with van der Waals surface area (Å²) >= 11 is 0. The molecule has 0 aliphatic heterocycles. The Morgan fingerprint density at radius 1 is 1.03 bits per heavy atom. The number of rotatable bonds is 8. The number of anilines is 2. The van der Waals surface area contributed by atoms with Gasteiger partial charge >= 0.3 is 5.63 Å². The van der Waals surface area contributed by atoms with Crippen LogP contribution in [0.25, 0.3) is 11.0 Å². The van der Waals surface area contributed by atoms with Gasteiger partial charge in [0.15, 0.2) is 6.54 Å². The van der Waals surface area contributed by atoms with E-state index in [1.54, 1.807) is 37.4 Å². The Morgan fingerprint density at radius 2 is 1.71 bits per heavy atom. The molecule has 2 aromatic carbocycles. The number of amides is 2. The van der Waals surface area contributed by atoms with E-state index in [0.717, 1.165) is 15.8 Å². The number of methoxy groups -OCH3 is 1. The lowest BCUT2D eigenvalue weighted by Crippen LogP contribution is -3.11. The fourth-order valence-corrected chi connectivity index (χ4v) is 3.34. The number of hydrogen-bond acceptors (Lipinski definition) is 5. The molecule has 31 heavy (non-hydrogen) atoms. The molecule has 8 heteroatoms. The van der Waals surface area contributed by atoms with E-state index >= 15 is 0 Å². The Bertz CT molecular complexity index is 1140. The first-order chi connectivity index (χ1) is 14.9. The summed E-state index contributed by atoms with van der Waals surface area (Å²) in [6.07, 6.45) is 0. The third kappa shape index (κ3) is 5.93. The number of likely N-dealkylation sites (N-methyl/N-ethyl adjacent to an activating group) is 1. The smallest absolute Gasteiger partial charge is 0.336 e. The van der Waals surface area contributed by atoms with Gasteiger partial charge < -0.3 is 24.7 Å². The van der Waals surface area contributed by atoms with E-state index in [-0.39, 0.29) is 18.4 Å². The van der Waals surface area contributed by atoms with Gasteiger partial charge in [-0.05, 0) is 43.3 Å². The minimum atomic E-state index is -0.435. The predicted octanol–water partition coefficient (Wildman–Crippen LogP) is 1.80. The molecule has 0 saturated heterocycles. The Morgan fingerprint density at radius 3 is 2.32 bits per heavy atom. The van der Waals surface area contributed by atoms with Crippen molar-refractivity contribution in [2.45, 2.75) is 20.4 Å². The number of carbonyl (C=O) groups is 2. The predicted molar refractivity (Wildman–Crippen MR) is 118 cm³/mol. The van der Waals surface area contributed by atoms with Gasteiger partial charge in [-0.25, -0.2) is 4.79 Å². The van der Waals surface area contributed by atoms with Gasteiger partial charge in [-0.1, -0.05) is 0 Å². The summed E-state index contributed by atoms with van der Waals surface area (Å²) in [6.45, 7) is 4.87. The number of benzene rings is 2. The lowest BCUT2D eigenvalue weighted by molar-refractivity contribution is -0.903. The summed E-state index contributed by atoms with van der Waals surface area (Å²) in [5, 5.41) is 6.37. The van der Waals surface area contributed by atoms with Gasteiger partial charge in [-0.2, -0.15) is 0 Å². The van der Waals surface area contributed by atoms with Crippen molar-refractivity contribution in [3.8, 4) is 5.75 Å². The topological polar surface area (TPSA) is 102 Å². The monoisotopic (exact) mass is 424 g/mol. The van der Waals surface area contributed by atoms with E-state index in [4.69, 9.17) is 9.15 Å². The van der Waals surface area contributed by atoms with E-state index in [1.165, 1.54) is 13.0 Å². The number of ether oxygens (including phenoxy) is 1. The first-order valence-electron chi connectivity index (χ1n) is 9.99. The molecule has 8 nitrogen and oxygen atoms in total. The molecule has 0 bridgehead atoms. The minimum Gasteiger partial charge on any atom is -0.497 e. The first-order valence-corrected chi connectivity index (χ1v) is 9.99. The normalized spacial score (nSPS) is 11.7. The van der Waals surface area contributed by atoms with Crippen LogP contribution in [0.1, 0.15) is 19.4 Å². The maximum absolute atomic E-state index is 12.6. The van der Waals surface area contributed by atoms with Crippen LogP contribution in [0, 0.1) is 0 Å². The van der Waals surface area contributed by atoms with E-state index in [9.17, 15) is 14.4 Å². The summed E-state index contributed by atoms with van der Waals surface area (Å²) in [6, 6.07) is 13.8. The van der Waals surface area contributed by atoms with Crippen LogP contribution in [-0.4, -0.2) is 32.0 Å². The second-order valence-corrected chi connectivity index (χ2v) is 7.22. The zero-order chi connectivity index (χ0) is 22.4. The molecule has 3 aromatic rings. The SMILES string of the molecule is CC[NH+](CC(=O)Nc1ccc(NC(C)=O)cc1)Cc1cc(=O)oc2cc(OC)ccc12. The molecular weight excluding hydrogens is 398 g/mol. The molecular formula is C23H26N3O5+. The molecule has 1 unspecified atom stereocenters. The maximum atomic E-state index is 12.6. The van der Waals surface area contributed by atoms with Gasteiger partial charge in [0, 0.05) is 41.4 Å². The van der Waals surface area contributed by atoms with Crippen molar-refractivity contribution >= 4 is 34.2 Å². The lowest BCUT2D eigenvalue weighted by atomic mass is 10.1. The molecule has 0 saturated carbocycles. The third-order valence-corrected chi connectivity index (χ3v) is 4.88. The Labute approximate surface area is 179 Å². The van der Waals surface area contributed by atoms with Gasteiger partial charge in [-0.3, -0.25) is 9.59 Å². The van der Waals surface area contributed by atoms with Crippen molar-refractivity contribution in [1.82, 2.24) is 0 Å². The van der Waals surface area contributed by atoms with Crippen LogP contribution in [0.15, 0.2) is 57.7 Å². The van der Waals surface area contributed by atoms with Crippen LogP contribution < -0.4 is 25.9 Å². The summed E-state index contributed by atoms with van der Waals surface area (Å²) in [5.41, 5.74) is 2.15. The zero-order valence-corrected chi connectivity index (χ0v) is 17.8. The van der Waals surface area contributed by atoms with Crippen molar-refractivity contribution in [1.29, 1.82) is 0 Å².